The minimum atomic E-state index is -4.43. The van der Waals surface area contributed by atoms with Gasteiger partial charge in [-0.2, -0.15) is 13.2 Å². The molecule has 2 heterocycles. The van der Waals surface area contributed by atoms with E-state index in [2.05, 4.69) is 19.9 Å². The number of nitrogens with zero attached hydrogens (tertiary/aromatic N) is 3. The van der Waals surface area contributed by atoms with Crippen LogP contribution in [-0.4, -0.2) is 62.0 Å². The Morgan fingerprint density at radius 1 is 1.14 bits per heavy atom. The monoisotopic (exact) mass is 410 g/mol. The Kier molecular flexibility index (Phi) is 6.30. The molecule has 156 valence electrons. The van der Waals surface area contributed by atoms with Gasteiger partial charge in [-0.05, 0) is 18.2 Å². The van der Waals surface area contributed by atoms with Crippen molar-refractivity contribution < 1.29 is 27.4 Å². The quantitative estimate of drug-likeness (QED) is 0.819. The number of benzene rings is 1. The van der Waals surface area contributed by atoms with Crippen molar-refractivity contribution in [3.63, 3.8) is 0 Å². The van der Waals surface area contributed by atoms with Crippen molar-refractivity contribution in [3.8, 4) is 11.6 Å². The lowest BCUT2D eigenvalue weighted by Gasteiger charge is -2.36. The van der Waals surface area contributed by atoms with Crippen molar-refractivity contribution in [1.29, 1.82) is 0 Å². The Balaban J connectivity index is 1.51. The maximum absolute atomic E-state index is 12.4. The summed E-state index contributed by atoms with van der Waals surface area (Å²) in [7, 11) is 1.62. The van der Waals surface area contributed by atoms with Gasteiger partial charge in [0.05, 0.1) is 24.7 Å². The number of carbonyl (C=O) groups excluding carboxylic acids is 1. The zero-order valence-electron chi connectivity index (χ0n) is 15.8. The summed E-state index contributed by atoms with van der Waals surface area (Å²) in [6, 6.07) is 10.1. The van der Waals surface area contributed by atoms with E-state index in [1.165, 1.54) is 18.3 Å². The first-order valence-corrected chi connectivity index (χ1v) is 8.95. The van der Waals surface area contributed by atoms with Crippen molar-refractivity contribution in [1.82, 2.24) is 9.88 Å². The summed E-state index contributed by atoms with van der Waals surface area (Å²) < 4.78 is 46.4. The van der Waals surface area contributed by atoms with E-state index >= 15 is 0 Å². The van der Waals surface area contributed by atoms with Gasteiger partial charge in [0.15, 0.2) is 6.61 Å². The van der Waals surface area contributed by atoms with E-state index in [-0.39, 0.29) is 11.9 Å². The SMILES string of the molecule is COc1ccccc1N1CCN(C(=O)Nc2ccc(OCC(F)(F)F)nc2)CC1. The molecule has 7 nitrogen and oxygen atoms in total. The zero-order valence-corrected chi connectivity index (χ0v) is 15.8. The molecule has 10 heteroatoms. The molecule has 0 saturated carbocycles. The lowest BCUT2D eigenvalue weighted by atomic mass is 10.2. The number of para-hydroxylation sites is 2. The molecule has 2 aromatic rings. The second kappa shape index (κ2) is 8.89. The number of methoxy groups -OCH3 is 1. The molecular formula is C19H21F3N4O3. The van der Waals surface area contributed by atoms with Gasteiger partial charge < -0.3 is 24.6 Å². The van der Waals surface area contributed by atoms with Crippen LogP contribution in [0.25, 0.3) is 0 Å². The maximum Gasteiger partial charge on any atom is 0.422 e. The van der Waals surface area contributed by atoms with Crippen LogP contribution in [0.15, 0.2) is 42.6 Å². The second-order valence-corrected chi connectivity index (χ2v) is 6.37. The maximum atomic E-state index is 12.4. The van der Waals surface area contributed by atoms with Gasteiger partial charge in [-0.1, -0.05) is 12.1 Å². The van der Waals surface area contributed by atoms with Gasteiger partial charge in [0.2, 0.25) is 5.88 Å². The third-order valence-electron chi connectivity index (χ3n) is 4.36. The van der Waals surface area contributed by atoms with E-state index in [1.807, 2.05) is 24.3 Å². The molecule has 1 N–H and O–H groups in total. The minimum absolute atomic E-state index is 0.161. The molecule has 1 aliphatic heterocycles. The average molecular weight is 410 g/mol. The van der Waals surface area contributed by atoms with Crippen LogP contribution in [0.5, 0.6) is 11.6 Å². The summed E-state index contributed by atoms with van der Waals surface area (Å²) in [5, 5.41) is 2.69. The Morgan fingerprint density at radius 2 is 1.86 bits per heavy atom. The average Bonchev–Trinajstić information content (AvgIpc) is 2.73. The van der Waals surface area contributed by atoms with Gasteiger partial charge in [-0.25, -0.2) is 9.78 Å². The van der Waals surface area contributed by atoms with Crippen LogP contribution in [0.4, 0.5) is 29.3 Å². The highest BCUT2D eigenvalue weighted by Gasteiger charge is 2.28. The van der Waals surface area contributed by atoms with Crippen molar-refractivity contribution in [2.75, 3.05) is 50.1 Å². The van der Waals surface area contributed by atoms with E-state index in [9.17, 15) is 18.0 Å². The predicted molar refractivity (Wildman–Crippen MR) is 102 cm³/mol. The van der Waals surface area contributed by atoms with E-state index < -0.39 is 12.8 Å². The molecule has 1 aromatic carbocycles. The molecule has 1 aromatic heterocycles. The molecule has 1 saturated heterocycles. The number of urea groups is 1. The summed E-state index contributed by atoms with van der Waals surface area (Å²) in [4.78, 5) is 20.0. The van der Waals surface area contributed by atoms with E-state index in [4.69, 9.17) is 4.74 Å². The number of piperazine rings is 1. The number of anilines is 2. The van der Waals surface area contributed by atoms with Crippen LogP contribution >= 0.6 is 0 Å². The summed E-state index contributed by atoms with van der Waals surface area (Å²) >= 11 is 0. The number of hydrogen-bond donors (Lipinski definition) is 1. The first-order chi connectivity index (χ1) is 13.9. The molecule has 0 aliphatic carbocycles. The summed E-state index contributed by atoms with van der Waals surface area (Å²) in [6.07, 6.45) is -3.17. The van der Waals surface area contributed by atoms with Crippen molar-refractivity contribution in [3.05, 3.63) is 42.6 Å². The number of rotatable bonds is 5. The van der Waals surface area contributed by atoms with Crippen molar-refractivity contribution in [2.45, 2.75) is 6.18 Å². The molecule has 2 amide bonds. The van der Waals surface area contributed by atoms with Gasteiger partial charge >= 0.3 is 12.2 Å². The Bertz CT molecular complexity index is 822. The van der Waals surface area contributed by atoms with E-state index in [0.29, 0.717) is 31.9 Å². The first-order valence-electron chi connectivity index (χ1n) is 8.95. The number of hydrogen-bond acceptors (Lipinski definition) is 5. The number of amides is 2. The molecule has 0 bridgehead atoms. The van der Waals surface area contributed by atoms with Gasteiger partial charge in [-0.3, -0.25) is 0 Å². The third kappa shape index (κ3) is 5.66. The lowest BCUT2D eigenvalue weighted by molar-refractivity contribution is -0.154. The zero-order chi connectivity index (χ0) is 20.9. The number of alkyl halides is 3. The topological polar surface area (TPSA) is 66.9 Å². The molecule has 0 atom stereocenters. The van der Waals surface area contributed by atoms with E-state index in [0.717, 1.165) is 11.4 Å². The standard InChI is InChI=1S/C19H21F3N4O3/c1-28-16-5-3-2-4-15(16)25-8-10-26(11-9-25)18(27)24-14-6-7-17(23-12-14)29-13-19(20,21)22/h2-7,12H,8-11,13H2,1H3,(H,24,27). The highest BCUT2D eigenvalue weighted by atomic mass is 19.4. The number of pyridine rings is 1. The van der Waals surface area contributed by atoms with Gasteiger partial charge in [0.25, 0.3) is 0 Å². The van der Waals surface area contributed by atoms with Crippen LogP contribution < -0.4 is 19.7 Å². The van der Waals surface area contributed by atoms with Crippen molar-refractivity contribution in [2.24, 2.45) is 0 Å². The molecular weight excluding hydrogens is 389 g/mol. The second-order valence-electron chi connectivity index (χ2n) is 6.37. The Labute approximate surface area is 166 Å². The summed E-state index contributed by atoms with van der Waals surface area (Å²) in [5.74, 6) is 0.620. The highest BCUT2D eigenvalue weighted by Crippen LogP contribution is 2.28. The number of nitrogens with one attached hydrogen (secondary N) is 1. The number of aromatic nitrogens is 1. The predicted octanol–water partition coefficient (Wildman–Crippen LogP) is 3.39. The number of ether oxygens (including phenoxy) is 2. The van der Waals surface area contributed by atoms with Gasteiger partial charge in [0.1, 0.15) is 5.75 Å². The molecule has 0 radical (unpaired) electrons. The fourth-order valence-corrected chi connectivity index (χ4v) is 2.94. The van der Waals surface area contributed by atoms with Crippen LogP contribution in [0.1, 0.15) is 0 Å². The van der Waals surface area contributed by atoms with Crippen LogP contribution in [0.3, 0.4) is 0 Å². The molecule has 0 spiro atoms. The first kappa shape index (κ1) is 20.6. The third-order valence-corrected chi connectivity index (χ3v) is 4.36. The molecule has 3 rings (SSSR count). The molecule has 0 unspecified atom stereocenters. The largest absolute Gasteiger partial charge is 0.495 e. The highest BCUT2D eigenvalue weighted by molar-refractivity contribution is 5.89. The molecule has 29 heavy (non-hydrogen) atoms. The smallest absolute Gasteiger partial charge is 0.422 e. The fraction of sp³-hybridized carbons (Fsp3) is 0.368. The van der Waals surface area contributed by atoms with E-state index in [1.54, 1.807) is 12.0 Å². The fourth-order valence-electron chi connectivity index (χ4n) is 2.94. The molecule has 1 fully saturated rings. The lowest BCUT2D eigenvalue weighted by Crippen LogP contribution is -2.50. The Hall–Kier alpha value is -3.17. The van der Waals surface area contributed by atoms with Gasteiger partial charge in [0, 0.05) is 32.2 Å². The number of carbonyl (C=O) groups is 1. The van der Waals surface area contributed by atoms with Crippen LogP contribution in [-0.2, 0) is 0 Å². The summed E-state index contributed by atoms with van der Waals surface area (Å²) in [5.41, 5.74) is 1.36. The van der Waals surface area contributed by atoms with Crippen LogP contribution in [0.2, 0.25) is 0 Å². The van der Waals surface area contributed by atoms with Crippen molar-refractivity contribution >= 4 is 17.4 Å². The molecule has 1 aliphatic rings. The Morgan fingerprint density at radius 3 is 2.48 bits per heavy atom. The summed E-state index contributed by atoms with van der Waals surface area (Å²) in [6.45, 7) is 0.920. The normalized spacial score (nSPS) is 14.5. The van der Waals surface area contributed by atoms with Gasteiger partial charge in [-0.15, -0.1) is 0 Å². The minimum Gasteiger partial charge on any atom is -0.495 e. The number of halogens is 3. The van der Waals surface area contributed by atoms with Crippen LogP contribution in [0, 0.1) is 0 Å².